The van der Waals surface area contributed by atoms with Gasteiger partial charge in [-0.15, -0.1) is 0 Å². The van der Waals surface area contributed by atoms with E-state index in [9.17, 15) is 9.90 Å². The molecule has 0 aliphatic rings. The maximum absolute atomic E-state index is 12.4. The highest BCUT2D eigenvalue weighted by atomic mass is 35.5. The number of rotatable bonds is 5. The van der Waals surface area contributed by atoms with Crippen LogP contribution in [0.2, 0.25) is 5.02 Å². The monoisotopic (exact) mass is 385 g/mol. The molecule has 2 aromatic carbocycles. The predicted octanol–water partition coefficient (Wildman–Crippen LogP) is 4.54. The van der Waals surface area contributed by atoms with Gasteiger partial charge in [0.25, 0.3) is 0 Å². The second-order valence-electron chi connectivity index (χ2n) is 6.08. The van der Waals surface area contributed by atoms with Crippen LogP contribution in [0.3, 0.4) is 0 Å². The SMILES string of the molecule is C[C@@H](OC(=O)Nc1c(-c2ccc(Cl)c(CO)c2)cnn1C)c1ccccc1. The largest absolute Gasteiger partial charge is 0.441 e. The summed E-state index contributed by atoms with van der Waals surface area (Å²) >= 11 is 6.06. The number of carbonyl (C=O) groups excluding carboxylic acids is 1. The van der Waals surface area contributed by atoms with Gasteiger partial charge in [-0.3, -0.25) is 10.00 Å². The third kappa shape index (κ3) is 4.30. The second kappa shape index (κ2) is 8.24. The van der Waals surface area contributed by atoms with Gasteiger partial charge in [-0.25, -0.2) is 4.79 Å². The first kappa shape index (κ1) is 18.9. The summed E-state index contributed by atoms with van der Waals surface area (Å²) in [5.41, 5.74) is 2.99. The van der Waals surface area contributed by atoms with Crippen molar-refractivity contribution in [1.82, 2.24) is 9.78 Å². The number of nitrogens with one attached hydrogen (secondary N) is 1. The number of hydrogen-bond acceptors (Lipinski definition) is 4. The van der Waals surface area contributed by atoms with Gasteiger partial charge in [-0.05, 0) is 35.7 Å². The molecular formula is C20H20ClN3O3. The van der Waals surface area contributed by atoms with Crippen molar-refractivity contribution in [3.05, 3.63) is 70.9 Å². The van der Waals surface area contributed by atoms with Gasteiger partial charge in [0.15, 0.2) is 0 Å². The number of halogens is 1. The molecule has 2 N–H and O–H groups in total. The molecule has 3 aromatic rings. The summed E-state index contributed by atoms with van der Waals surface area (Å²) in [5, 5.41) is 16.9. The van der Waals surface area contributed by atoms with Crippen LogP contribution < -0.4 is 5.32 Å². The van der Waals surface area contributed by atoms with Gasteiger partial charge < -0.3 is 9.84 Å². The first-order valence-electron chi connectivity index (χ1n) is 8.44. The standard InChI is InChI=1S/C20H20ClN3O3/c1-13(14-6-4-3-5-7-14)27-20(26)23-19-17(11-22-24(19)2)15-8-9-18(21)16(10-15)12-25/h3-11,13,25H,12H2,1-2H3,(H,23,26)/t13-/m1/s1. The molecule has 6 nitrogen and oxygen atoms in total. The van der Waals surface area contributed by atoms with E-state index in [4.69, 9.17) is 16.3 Å². The van der Waals surface area contributed by atoms with Gasteiger partial charge in [-0.1, -0.05) is 48.0 Å². The van der Waals surface area contributed by atoms with E-state index in [2.05, 4.69) is 10.4 Å². The number of aliphatic hydroxyl groups is 1. The molecule has 0 saturated heterocycles. The van der Waals surface area contributed by atoms with E-state index in [-0.39, 0.29) is 12.7 Å². The molecular weight excluding hydrogens is 366 g/mol. The minimum absolute atomic E-state index is 0.174. The van der Waals surface area contributed by atoms with Crippen molar-refractivity contribution in [3.8, 4) is 11.1 Å². The fraction of sp³-hybridized carbons (Fsp3) is 0.200. The van der Waals surface area contributed by atoms with Crippen molar-refractivity contribution in [2.45, 2.75) is 19.6 Å². The quantitative estimate of drug-likeness (QED) is 0.675. The molecule has 3 rings (SSSR count). The van der Waals surface area contributed by atoms with Crippen LogP contribution in [0.5, 0.6) is 0 Å². The van der Waals surface area contributed by atoms with Crippen molar-refractivity contribution in [2.75, 3.05) is 5.32 Å². The van der Waals surface area contributed by atoms with E-state index in [0.29, 0.717) is 22.0 Å². The number of benzene rings is 2. The summed E-state index contributed by atoms with van der Waals surface area (Å²) in [6.07, 6.45) is 0.674. The lowest BCUT2D eigenvalue weighted by molar-refractivity contribution is 0.121. The van der Waals surface area contributed by atoms with Crippen molar-refractivity contribution in [2.24, 2.45) is 7.05 Å². The summed E-state index contributed by atoms with van der Waals surface area (Å²) in [4.78, 5) is 12.4. The first-order chi connectivity index (χ1) is 13.0. The number of nitrogens with zero attached hydrogens (tertiary/aromatic N) is 2. The summed E-state index contributed by atoms with van der Waals surface area (Å²) < 4.78 is 7.02. The molecule has 0 aliphatic heterocycles. The van der Waals surface area contributed by atoms with E-state index >= 15 is 0 Å². The molecule has 1 atom stereocenters. The van der Waals surface area contributed by atoms with Crippen LogP contribution in [0.4, 0.5) is 10.6 Å². The molecule has 1 amide bonds. The van der Waals surface area contributed by atoms with E-state index in [1.54, 1.807) is 30.1 Å². The number of ether oxygens (including phenoxy) is 1. The van der Waals surface area contributed by atoms with Crippen LogP contribution in [-0.4, -0.2) is 21.0 Å². The number of hydrogen-bond donors (Lipinski definition) is 2. The highest BCUT2D eigenvalue weighted by molar-refractivity contribution is 6.31. The minimum Gasteiger partial charge on any atom is -0.441 e. The molecule has 1 aromatic heterocycles. The molecule has 0 bridgehead atoms. The van der Waals surface area contributed by atoms with Gasteiger partial charge in [0.2, 0.25) is 0 Å². The Morgan fingerprint density at radius 1 is 1.30 bits per heavy atom. The lowest BCUT2D eigenvalue weighted by Crippen LogP contribution is -2.18. The normalized spacial score (nSPS) is 11.9. The van der Waals surface area contributed by atoms with Crippen LogP contribution in [0, 0.1) is 0 Å². The number of aryl methyl sites for hydroxylation is 1. The molecule has 0 radical (unpaired) electrons. The molecule has 1 heterocycles. The Morgan fingerprint density at radius 2 is 2.04 bits per heavy atom. The average molecular weight is 386 g/mol. The summed E-state index contributed by atoms with van der Waals surface area (Å²) in [7, 11) is 1.72. The molecule has 0 aliphatic carbocycles. The lowest BCUT2D eigenvalue weighted by atomic mass is 10.1. The van der Waals surface area contributed by atoms with Gasteiger partial charge in [0.05, 0.1) is 12.8 Å². The third-order valence-electron chi connectivity index (χ3n) is 4.24. The Kier molecular flexibility index (Phi) is 5.78. The Balaban J connectivity index is 1.80. The number of aromatic nitrogens is 2. The zero-order valence-electron chi connectivity index (χ0n) is 15.0. The fourth-order valence-corrected chi connectivity index (χ4v) is 2.92. The molecule has 27 heavy (non-hydrogen) atoms. The van der Waals surface area contributed by atoms with Crippen molar-refractivity contribution < 1.29 is 14.6 Å². The predicted molar refractivity (Wildman–Crippen MR) is 105 cm³/mol. The van der Waals surface area contributed by atoms with Crippen molar-refractivity contribution in [1.29, 1.82) is 0 Å². The maximum Gasteiger partial charge on any atom is 0.413 e. The van der Waals surface area contributed by atoms with E-state index in [0.717, 1.165) is 11.1 Å². The van der Waals surface area contributed by atoms with Crippen molar-refractivity contribution in [3.63, 3.8) is 0 Å². The number of anilines is 1. The molecule has 0 spiro atoms. The third-order valence-corrected chi connectivity index (χ3v) is 4.61. The molecule has 0 fully saturated rings. The van der Waals surface area contributed by atoms with Crippen LogP contribution in [0.25, 0.3) is 11.1 Å². The Morgan fingerprint density at radius 3 is 2.74 bits per heavy atom. The summed E-state index contributed by atoms with van der Waals surface area (Å²) in [6.45, 7) is 1.64. The van der Waals surface area contributed by atoms with Crippen LogP contribution in [0.15, 0.2) is 54.7 Å². The number of amides is 1. The van der Waals surface area contributed by atoms with Gasteiger partial charge in [0.1, 0.15) is 11.9 Å². The zero-order valence-corrected chi connectivity index (χ0v) is 15.8. The Bertz CT molecular complexity index is 941. The first-order valence-corrected chi connectivity index (χ1v) is 8.81. The maximum atomic E-state index is 12.4. The van der Waals surface area contributed by atoms with Crippen LogP contribution in [0.1, 0.15) is 24.2 Å². The van der Waals surface area contributed by atoms with E-state index in [1.807, 2.05) is 43.3 Å². The van der Waals surface area contributed by atoms with Crippen LogP contribution >= 0.6 is 11.6 Å². The van der Waals surface area contributed by atoms with Gasteiger partial charge >= 0.3 is 6.09 Å². The lowest BCUT2D eigenvalue weighted by Gasteiger charge is -2.15. The average Bonchev–Trinajstić information content (AvgIpc) is 3.03. The number of carbonyl (C=O) groups is 1. The van der Waals surface area contributed by atoms with E-state index in [1.165, 1.54) is 0 Å². The highest BCUT2D eigenvalue weighted by Gasteiger charge is 2.17. The van der Waals surface area contributed by atoms with Gasteiger partial charge in [0, 0.05) is 17.6 Å². The van der Waals surface area contributed by atoms with Crippen molar-refractivity contribution >= 4 is 23.5 Å². The van der Waals surface area contributed by atoms with E-state index < -0.39 is 6.09 Å². The molecule has 0 saturated carbocycles. The Hall–Kier alpha value is -2.83. The summed E-state index contributed by atoms with van der Waals surface area (Å²) in [5.74, 6) is 0.492. The van der Waals surface area contributed by atoms with Gasteiger partial charge in [-0.2, -0.15) is 5.10 Å². The highest BCUT2D eigenvalue weighted by Crippen LogP contribution is 2.31. The molecule has 7 heteroatoms. The second-order valence-corrected chi connectivity index (χ2v) is 6.49. The molecule has 140 valence electrons. The summed E-state index contributed by atoms with van der Waals surface area (Å²) in [6, 6.07) is 14.8. The molecule has 0 unspecified atom stereocenters. The zero-order chi connectivity index (χ0) is 19.4. The Labute approximate surface area is 162 Å². The van der Waals surface area contributed by atoms with Crippen LogP contribution in [-0.2, 0) is 18.4 Å². The number of aliphatic hydroxyl groups excluding tert-OH is 1. The smallest absolute Gasteiger partial charge is 0.413 e. The fourth-order valence-electron chi connectivity index (χ4n) is 2.74. The minimum atomic E-state index is -0.576. The topological polar surface area (TPSA) is 76.4 Å².